The lowest BCUT2D eigenvalue weighted by atomic mass is 10.1. The molecule has 0 aliphatic carbocycles. The predicted molar refractivity (Wildman–Crippen MR) is 65.2 cm³/mol. The molecule has 0 unspecified atom stereocenters. The van der Waals surface area contributed by atoms with E-state index < -0.39 is 0 Å². The summed E-state index contributed by atoms with van der Waals surface area (Å²) in [5, 5.41) is 4.17. The van der Waals surface area contributed by atoms with Gasteiger partial charge in [-0.25, -0.2) is 9.37 Å². The summed E-state index contributed by atoms with van der Waals surface area (Å²) in [6, 6.07) is 7.13. The highest BCUT2D eigenvalue weighted by atomic mass is 19.1. The van der Waals surface area contributed by atoms with Crippen molar-refractivity contribution in [2.45, 2.75) is 20.3 Å². The second-order valence-corrected chi connectivity index (χ2v) is 3.87. The van der Waals surface area contributed by atoms with Crippen LogP contribution < -0.4 is 5.32 Å². The molecule has 2 nitrogen and oxygen atoms in total. The van der Waals surface area contributed by atoms with Crippen LogP contribution in [-0.2, 0) is 0 Å². The van der Waals surface area contributed by atoms with Crippen molar-refractivity contribution in [3.05, 3.63) is 35.6 Å². The Kier molecular flexibility index (Phi) is 3.04. The molecule has 16 heavy (non-hydrogen) atoms. The van der Waals surface area contributed by atoms with Crippen molar-refractivity contribution in [2.24, 2.45) is 0 Å². The summed E-state index contributed by atoms with van der Waals surface area (Å²) in [6.45, 7) is 4.74. The first-order valence-electron chi connectivity index (χ1n) is 5.52. The Labute approximate surface area is 94.5 Å². The third-order valence-corrected chi connectivity index (χ3v) is 2.61. The van der Waals surface area contributed by atoms with E-state index >= 15 is 0 Å². The molecular weight excluding hydrogens is 203 g/mol. The zero-order chi connectivity index (χ0) is 11.5. The van der Waals surface area contributed by atoms with Crippen LogP contribution in [0.2, 0.25) is 0 Å². The van der Waals surface area contributed by atoms with Crippen LogP contribution in [-0.4, -0.2) is 11.5 Å². The van der Waals surface area contributed by atoms with Gasteiger partial charge >= 0.3 is 0 Å². The van der Waals surface area contributed by atoms with Crippen molar-refractivity contribution in [3.63, 3.8) is 0 Å². The van der Waals surface area contributed by atoms with Gasteiger partial charge in [0.15, 0.2) is 0 Å². The Balaban J connectivity index is 2.47. The Morgan fingerprint density at radius 3 is 2.75 bits per heavy atom. The molecule has 84 valence electrons. The first-order valence-corrected chi connectivity index (χ1v) is 5.52. The lowest BCUT2D eigenvalue weighted by Crippen LogP contribution is -2.02. The fourth-order valence-corrected chi connectivity index (χ4v) is 1.66. The average molecular weight is 218 g/mol. The maximum atomic E-state index is 13.4. The van der Waals surface area contributed by atoms with E-state index in [2.05, 4.69) is 17.2 Å². The van der Waals surface area contributed by atoms with Crippen molar-refractivity contribution in [2.75, 3.05) is 11.9 Å². The molecule has 2 rings (SSSR count). The maximum Gasteiger partial charge on any atom is 0.128 e. The van der Waals surface area contributed by atoms with Crippen LogP contribution in [0.5, 0.6) is 0 Å². The number of anilines is 1. The summed E-state index contributed by atoms with van der Waals surface area (Å²) in [5.74, 6) is 0.607. The number of aryl methyl sites for hydroxylation is 1. The van der Waals surface area contributed by atoms with Crippen molar-refractivity contribution in [1.82, 2.24) is 4.98 Å². The standard InChI is InChI=1S/C13H15FN2/c1-3-8-15-12-7-5-10-4-6-11(14)9(2)13(10)16-12/h4-7H,3,8H2,1-2H3,(H,15,16). The van der Waals surface area contributed by atoms with Gasteiger partial charge in [-0.3, -0.25) is 0 Å². The van der Waals surface area contributed by atoms with Gasteiger partial charge in [0.2, 0.25) is 0 Å². The van der Waals surface area contributed by atoms with Gasteiger partial charge < -0.3 is 5.32 Å². The summed E-state index contributed by atoms with van der Waals surface area (Å²) < 4.78 is 13.4. The maximum absolute atomic E-state index is 13.4. The third kappa shape index (κ3) is 1.98. The van der Waals surface area contributed by atoms with Crippen LogP contribution in [0.4, 0.5) is 10.2 Å². The van der Waals surface area contributed by atoms with E-state index in [0.717, 1.165) is 29.7 Å². The zero-order valence-electron chi connectivity index (χ0n) is 9.55. The number of fused-ring (bicyclic) bond motifs is 1. The molecule has 0 saturated carbocycles. The lowest BCUT2D eigenvalue weighted by Gasteiger charge is -2.07. The van der Waals surface area contributed by atoms with Crippen molar-refractivity contribution < 1.29 is 4.39 Å². The van der Waals surface area contributed by atoms with Gasteiger partial charge in [-0.15, -0.1) is 0 Å². The Morgan fingerprint density at radius 2 is 2.00 bits per heavy atom. The van der Waals surface area contributed by atoms with E-state index in [4.69, 9.17) is 0 Å². The number of rotatable bonds is 3. The number of nitrogens with one attached hydrogen (secondary N) is 1. The quantitative estimate of drug-likeness (QED) is 0.852. The summed E-state index contributed by atoms with van der Waals surface area (Å²) >= 11 is 0. The Bertz CT molecular complexity index is 509. The molecule has 0 saturated heterocycles. The largest absolute Gasteiger partial charge is 0.370 e. The highest BCUT2D eigenvalue weighted by Crippen LogP contribution is 2.20. The van der Waals surface area contributed by atoms with Crippen LogP contribution in [0.3, 0.4) is 0 Å². The lowest BCUT2D eigenvalue weighted by molar-refractivity contribution is 0.620. The van der Waals surface area contributed by atoms with Gasteiger partial charge in [0, 0.05) is 17.5 Å². The van der Waals surface area contributed by atoms with Gasteiger partial charge in [0.1, 0.15) is 11.6 Å². The smallest absolute Gasteiger partial charge is 0.128 e. The van der Waals surface area contributed by atoms with E-state index in [1.807, 2.05) is 12.1 Å². The van der Waals surface area contributed by atoms with Gasteiger partial charge in [-0.1, -0.05) is 6.92 Å². The number of halogens is 1. The first kappa shape index (κ1) is 10.9. The number of hydrogen-bond acceptors (Lipinski definition) is 2. The average Bonchev–Trinajstić information content (AvgIpc) is 2.31. The molecule has 0 spiro atoms. The summed E-state index contributed by atoms with van der Waals surface area (Å²) in [7, 11) is 0. The summed E-state index contributed by atoms with van der Waals surface area (Å²) in [6.07, 6.45) is 1.04. The van der Waals surface area contributed by atoms with Crippen LogP contribution >= 0.6 is 0 Å². The van der Waals surface area contributed by atoms with E-state index in [1.165, 1.54) is 6.07 Å². The van der Waals surface area contributed by atoms with E-state index in [-0.39, 0.29) is 5.82 Å². The molecule has 0 fully saturated rings. The van der Waals surface area contributed by atoms with Crippen molar-refractivity contribution in [1.29, 1.82) is 0 Å². The van der Waals surface area contributed by atoms with Crippen molar-refractivity contribution >= 4 is 16.7 Å². The van der Waals surface area contributed by atoms with Crippen molar-refractivity contribution in [3.8, 4) is 0 Å². The second-order valence-electron chi connectivity index (χ2n) is 3.87. The minimum Gasteiger partial charge on any atom is -0.370 e. The molecule has 1 N–H and O–H groups in total. The van der Waals surface area contributed by atoms with Crippen LogP contribution in [0, 0.1) is 12.7 Å². The molecule has 0 bridgehead atoms. The minimum absolute atomic E-state index is 0.201. The number of hydrogen-bond donors (Lipinski definition) is 1. The van der Waals surface area contributed by atoms with E-state index in [9.17, 15) is 4.39 Å². The van der Waals surface area contributed by atoms with Gasteiger partial charge in [0.05, 0.1) is 5.52 Å². The first-order chi connectivity index (χ1) is 7.72. The third-order valence-electron chi connectivity index (χ3n) is 2.61. The fraction of sp³-hybridized carbons (Fsp3) is 0.308. The molecule has 1 aromatic heterocycles. The summed E-state index contributed by atoms with van der Waals surface area (Å²) in [4.78, 5) is 4.42. The van der Waals surface area contributed by atoms with Crippen LogP contribution in [0.1, 0.15) is 18.9 Å². The Hall–Kier alpha value is -1.64. The van der Waals surface area contributed by atoms with Crippen LogP contribution in [0.25, 0.3) is 10.9 Å². The fourth-order valence-electron chi connectivity index (χ4n) is 1.66. The summed E-state index contributed by atoms with van der Waals surface area (Å²) in [5.41, 5.74) is 1.35. The minimum atomic E-state index is -0.201. The van der Waals surface area contributed by atoms with Gasteiger partial charge in [0.25, 0.3) is 0 Å². The Morgan fingerprint density at radius 1 is 1.25 bits per heavy atom. The molecule has 1 aromatic carbocycles. The number of aromatic nitrogens is 1. The highest BCUT2D eigenvalue weighted by Gasteiger charge is 2.05. The molecule has 0 atom stereocenters. The van der Waals surface area contributed by atoms with E-state index in [0.29, 0.717) is 5.56 Å². The topological polar surface area (TPSA) is 24.9 Å². The second kappa shape index (κ2) is 4.47. The molecular formula is C13H15FN2. The zero-order valence-corrected chi connectivity index (χ0v) is 9.55. The molecule has 1 heterocycles. The van der Waals surface area contributed by atoms with Crippen LogP contribution in [0.15, 0.2) is 24.3 Å². The molecule has 0 aliphatic heterocycles. The normalized spacial score (nSPS) is 10.7. The number of nitrogens with zero attached hydrogens (tertiary/aromatic N) is 1. The van der Waals surface area contributed by atoms with Gasteiger partial charge in [-0.05, 0) is 37.6 Å². The number of benzene rings is 1. The van der Waals surface area contributed by atoms with Gasteiger partial charge in [-0.2, -0.15) is 0 Å². The molecule has 0 amide bonds. The molecule has 3 heteroatoms. The molecule has 0 aliphatic rings. The SMILES string of the molecule is CCCNc1ccc2ccc(F)c(C)c2n1. The molecule has 0 radical (unpaired) electrons. The highest BCUT2D eigenvalue weighted by molar-refractivity contribution is 5.83. The monoisotopic (exact) mass is 218 g/mol. The molecule has 2 aromatic rings. The number of pyridine rings is 1. The predicted octanol–water partition coefficient (Wildman–Crippen LogP) is 3.50. The van der Waals surface area contributed by atoms with E-state index in [1.54, 1.807) is 13.0 Å².